The van der Waals surface area contributed by atoms with E-state index < -0.39 is 17.8 Å². The summed E-state index contributed by atoms with van der Waals surface area (Å²) in [6, 6.07) is 11.5. The molecule has 3 aromatic rings. The van der Waals surface area contributed by atoms with Gasteiger partial charge in [-0.1, -0.05) is 29.8 Å². The number of halogens is 5. The fourth-order valence-electron chi connectivity index (χ4n) is 2.73. The number of hydrogen-bond donors (Lipinski definition) is 0. The molecule has 0 spiro atoms. The Bertz CT molecular complexity index is 1100. The molecule has 1 aromatic heterocycles. The van der Waals surface area contributed by atoms with Crippen LogP contribution in [-0.2, 0) is 10.9 Å². The van der Waals surface area contributed by atoms with Crippen molar-refractivity contribution < 1.29 is 51.2 Å². The topological polar surface area (TPSA) is 42.4 Å². The number of amides is 1. The van der Waals surface area contributed by atoms with E-state index in [2.05, 4.69) is 4.98 Å². The summed E-state index contributed by atoms with van der Waals surface area (Å²) in [5, 5.41) is 2.42. The highest BCUT2D eigenvalue weighted by Crippen LogP contribution is 2.36. The molecule has 0 N–H and O–H groups in total. The second-order valence-electron chi connectivity index (χ2n) is 8.04. The Morgan fingerprint density at radius 1 is 1.15 bits per heavy atom. The first kappa shape index (κ1) is 27.4. The van der Waals surface area contributed by atoms with Crippen LogP contribution in [0.2, 0.25) is 5.02 Å². The van der Waals surface area contributed by atoms with Gasteiger partial charge in [0.25, 0.3) is 0 Å². The van der Waals surface area contributed by atoms with Gasteiger partial charge < -0.3 is 33.2 Å². The first-order chi connectivity index (χ1) is 14.9. The largest absolute Gasteiger partial charge is 1.00 e. The first-order valence-corrected chi connectivity index (χ1v) is 10.9. The van der Waals surface area contributed by atoms with Crippen LogP contribution in [0.4, 0.5) is 28.8 Å². The third-order valence-corrected chi connectivity index (χ3v) is 5.47. The molecule has 3 rings (SSSR count). The number of nitrogens with zero attached hydrogens (tertiary/aromatic N) is 3. The lowest BCUT2D eigenvalue weighted by atomic mass is 10.2. The number of alkyl halides is 3. The Balaban J connectivity index is 0.00000385. The number of carbonyl (C=O) groups excluding carboxylic acids is 1. The third-order valence-electron chi connectivity index (χ3n) is 4.41. The zero-order valence-electron chi connectivity index (χ0n) is 18.1. The Morgan fingerprint density at radius 2 is 1.85 bits per heavy atom. The van der Waals surface area contributed by atoms with Gasteiger partial charge >= 0.3 is 12.3 Å². The average Bonchev–Trinajstić information content (AvgIpc) is 3.16. The monoisotopic (exact) mass is 611 g/mol. The molecule has 178 valence electrons. The Hall–Kier alpha value is -1.89. The van der Waals surface area contributed by atoms with E-state index in [4.69, 9.17) is 16.3 Å². The highest BCUT2D eigenvalue weighted by molar-refractivity contribution is 7.14. The van der Waals surface area contributed by atoms with E-state index in [1.54, 1.807) is 29.6 Å². The number of thiazole rings is 1. The van der Waals surface area contributed by atoms with Gasteiger partial charge in [-0.3, -0.25) is 0 Å². The van der Waals surface area contributed by atoms with Gasteiger partial charge in [-0.25, -0.2) is 14.7 Å². The molecule has 1 amide bonds. The number of quaternary nitrogens is 1. The number of ether oxygens (including phenoxy) is 1. The quantitative estimate of drug-likeness (QED) is 0.317. The number of benzene rings is 2. The minimum atomic E-state index is -4.55. The number of aromatic nitrogens is 1. The van der Waals surface area contributed by atoms with Gasteiger partial charge in [0, 0.05) is 16.0 Å². The maximum absolute atomic E-state index is 13.3. The van der Waals surface area contributed by atoms with Gasteiger partial charge in [0.05, 0.1) is 38.1 Å². The van der Waals surface area contributed by atoms with Gasteiger partial charge in [0.2, 0.25) is 0 Å². The van der Waals surface area contributed by atoms with Crippen LogP contribution in [0, 0.1) is 0 Å². The maximum Gasteiger partial charge on any atom is 0.421 e. The zero-order valence-corrected chi connectivity index (χ0v) is 21.8. The molecule has 0 saturated carbocycles. The number of carbonyl (C=O) groups is 1. The van der Waals surface area contributed by atoms with Crippen molar-refractivity contribution in [3.05, 3.63) is 64.5 Å². The van der Waals surface area contributed by atoms with E-state index in [0.29, 0.717) is 21.7 Å². The summed E-state index contributed by atoms with van der Waals surface area (Å²) < 4.78 is 45.8. The van der Waals surface area contributed by atoms with Crippen LogP contribution in [0.3, 0.4) is 0 Å². The molecule has 1 heterocycles. The molecule has 5 nitrogen and oxygen atoms in total. The van der Waals surface area contributed by atoms with Crippen LogP contribution in [0.15, 0.2) is 53.9 Å². The van der Waals surface area contributed by atoms with Crippen LogP contribution >= 0.6 is 22.9 Å². The lowest BCUT2D eigenvalue weighted by molar-refractivity contribution is -0.870. The van der Waals surface area contributed by atoms with Gasteiger partial charge in [-0.15, -0.1) is 11.3 Å². The van der Waals surface area contributed by atoms with E-state index in [0.717, 1.165) is 33.9 Å². The summed E-state index contributed by atoms with van der Waals surface area (Å²) in [4.78, 5) is 18.5. The summed E-state index contributed by atoms with van der Waals surface area (Å²) in [6.45, 7) is 0.637. The summed E-state index contributed by atoms with van der Waals surface area (Å²) in [7, 11) is 5.82. The number of likely N-dealkylation sites (N-methyl/N-ethyl adjacent to an activating group) is 1. The van der Waals surface area contributed by atoms with Crippen LogP contribution in [0.25, 0.3) is 11.3 Å². The fourth-order valence-corrected chi connectivity index (χ4v) is 3.77. The van der Waals surface area contributed by atoms with Gasteiger partial charge in [0.15, 0.2) is 5.13 Å². The van der Waals surface area contributed by atoms with E-state index in [1.165, 1.54) is 12.1 Å². The summed E-state index contributed by atoms with van der Waals surface area (Å²) in [6.07, 6.45) is -5.35. The second kappa shape index (κ2) is 11.0. The van der Waals surface area contributed by atoms with Crippen molar-refractivity contribution in [1.82, 2.24) is 4.98 Å². The molecule has 0 unspecified atom stereocenters. The first-order valence-electron chi connectivity index (χ1n) is 9.60. The van der Waals surface area contributed by atoms with Crippen LogP contribution in [0.5, 0.6) is 0 Å². The normalized spacial score (nSPS) is 11.6. The molecular formula is C22H22ClF3IN3O2S. The molecule has 0 aliphatic carbocycles. The minimum Gasteiger partial charge on any atom is -1.00 e. The number of rotatable bonds is 6. The molecule has 11 heteroatoms. The van der Waals surface area contributed by atoms with E-state index >= 15 is 0 Å². The molecule has 0 saturated heterocycles. The van der Waals surface area contributed by atoms with Crippen molar-refractivity contribution in [2.45, 2.75) is 6.18 Å². The van der Waals surface area contributed by atoms with Crippen molar-refractivity contribution in [1.29, 1.82) is 0 Å². The summed E-state index contributed by atoms with van der Waals surface area (Å²) >= 11 is 7.17. The molecule has 0 aliphatic heterocycles. The molecule has 0 radical (unpaired) electrons. The molecule has 0 atom stereocenters. The van der Waals surface area contributed by atoms with Crippen molar-refractivity contribution in [2.24, 2.45) is 0 Å². The molecule has 33 heavy (non-hydrogen) atoms. The van der Waals surface area contributed by atoms with Gasteiger partial charge in [0.1, 0.15) is 13.2 Å². The minimum absolute atomic E-state index is 0. The van der Waals surface area contributed by atoms with E-state index in [9.17, 15) is 18.0 Å². The van der Waals surface area contributed by atoms with E-state index in [-0.39, 0.29) is 41.4 Å². The standard InChI is InChI=1S/C22H22ClF3N3O2S.HI/c1-29(2,3)10-11-31-21(30)28(18-9-5-7-16(13-18)22(24,25)26)20-27-19(14-32-20)15-6-4-8-17(23)12-15;/h4-9,12-14H,10-11H2,1-3H3;1H/q+1;/p-1. The molecule has 2 aromatic carbocycles. The van der Waals surface area contributed by atoms with Crippen LogP contribution in [-0.4, -0.2) is 49.9 Å². The Labute approximate surface area is 216 Å². The highest BCUT2D eigenvalue weighted by Gasteiger charge is 2.32. The van der Waals surface area contributed by atoms with Crippen LogP contribution < -0.4 is 28.9 Å². The predicted octanol–water partition coefficient (Wildman–Crippen LogP) is 3.47. The lowest BCUT2D eigenvalue weighted by Crippen LogP contribution is -3.00. The Morgan fingerprint density at radius 3 is 2.48 bits per heavy atom. The Kier molecular flexibility index (Phi) is 9.14. The smallest absolute Gasteiger partial charge is 0.421 e. The van der Waals surface area contributed by atoms with Crippen molar-refractivity contribution >= 4 is 39.8 Å². The maximum atomic E-state index is 13.3. The molecule has 0 fully saturated rings. The fraction of sp³-hybridized carbons (Fsp3) is 0.273. The van der Waals surface area contributed by atoms with Crippen molar-refractivity contribution in [3.8, 4) is 11.3 Å². The molecule has 0 bridgehead atoms. The van der Waals surface area contributed by atoms with Crippen LogP contribution in [0.1, 0.15) is 5.56 Å². The predicted molar refractivity (Wildman–Crippen MR) is 120 cm³/mol. The van der Waals surface area contributed by atoms with Crippen molar-refractivity contribution in [3.63, 3.8) is 0 Å². The van der Waals surface area contributed by atoms with Gasteiger partial charge in [-0.2, -0.15) is 13.2 Å². The molecular weight excluding hydrogens is 590 g/mol. The van der Waals surface area contributed by atoms with E-state index in [1.807, 2.05) is 21.1 Å². The SMILES string of the molecule is C[N+](C)(C)CCOC(=O)N(c1cccc(C(F)(F)F)c1)c1nc(-c2cccc(Cl)c2)cs1.[I-]. The number of hydrogen-bond acceptors (Lipinski definition) is 4. The average molecular weight is 612 g/mol. The lowest BCUT2D eigenvalue weighted by Gasteiger charge is -2.25. The second-order valence-corrected chi connectivity index (χ2v) is 9.31. The zero-order chi connectivity index (χ0) is 23.5. The summed E-state index contributed by atoms with van der Waals surface area (Å²) in [5.74, 6) is 0. The molecule has 0 aliphatic rings. The van der Waals surface area contributed by atoms with Gasteiger partial charge in [-0.05, 0) is 30.3 Å². The third kappa shape index (κ3) is 7.56. The summed E-state index contributed by atoms with van der Waals surface area (Å²) in [5.41, 5.74) is 0.416. The highest BCUT2D eigenvalue weighted by atomic mass is 127. The number of anilines is 2. The van der Waals surface area contributed by atoms with Crippen molar-refractivity contribution in [2.75, 3.05) is 39.2 Å².